The molecule has 1 unspecified atom stereocenters. The van der Waals surface area contributed by atoms with Crippen LogP contribution in [-0.4, -0.2) is 30.3 Å². The molecule has 4 N–H and O–H groups in total. The van der Waals surface area contributed by atoms with Crippen molar-refractivity contribution in [3.8, 4) is 5.75 Å². The smallest absolute Gasteiger partial charge is 0.416 e. The summed E-state index contributed by atoms with van der Waals surface area (Å²) in [6.45, 7) is 3.80. The average molecular weight is 381 g/mol. The molecule has 0 amide bonds. The molecule has 0 saturated heterocycles. The molecule has 0 bridgehead atoms. The number of anilines is 1. The van der Waals surface area contributed by atoms with E-state index in [1.54, 1.807) is 0 Å². The van der Waals surface area contributed by atoms with Gasteiger partial charge in [0.15, 0.2) is 5.96 Å². The number of rotatable bonds is 6. The summed E-state index contributed by atoms with van der Waals surface area (Å²) in [6.07, 6.45) is -5.35. The summed E-state index contributed by atoms with van der Waals surface area (Å²) in [5.41, 5.74) is 7.99. The van der Waals surface area contributed by atoms with Crippen molar-refractivity contribution in [3.63, 3.8) is 0 Å². The van der Waals surface area contributed by atoms with Crippen LogP contribution < -0.4 is 15.8 Å². The van der Waals surface area contributed by atoms with Crippen LogP contribution in [0.1, 0.15) is 16.7 Å². The molecule has 0 aromatic heterocycles. The highest BCUT2D eigenvalue weighted by atomic mass is 19.4. The summed E-state index contributed by atoms with van der Waals surface area (Å²) in [5, 5.41) is 12.8. The van der Waals surface area contributed by atoms with Gasteiger partial charge in [0.2, 0.25) is 0 Å². The number of nitrogens with zero attached hydrogens (tertiary/aromatic N) is 1. The van der Waals surface area contributed by atoms with Crippen molar-refractivity contribution in [2.24, 2.45) is 10.7 Å². The molecule has 1 atom stereocenters. The summed E-state index contributed by atoms with van der Waals surface area (Å²) in [6, 6.07) is 10.1. The number of hydrogen-bond donors (Lipinski definition) is 3. The third-order valence-electron chi connectivity index (χ3n) is 3.59. The van der Waals surface area contributed by atoms with Crippen molar-refractivity contribution in [1.82, 2.24) is 0 Å². The molecular formula is C19H22F3N3O2. The lowest BCUT2D eigenvalue weighted by Crippen LogP contribution is -2.27. The number of aliphatic imine (C=N–C) groups is 1. The van der Waals surface area contributed by atoms with Gasteiger partial charge in [0.1, 0.15) is 18.5 Å². The summed E-state index contributed by atoms with van der Waals surface area (Å²) < 4.78 is 42.8. The zero-order valence-electron chi connectivity index (χ0n) is 15.0. The van der Waals surface area contributed by atoms with Crippen molar-refractivity contribution in [2.75, 3.05) is 18.5 Å². The van der Waals surface area contributed by atoms with Crippen LogP contribution in [0.5, 0.6) is 5.75 Å². The summed E-state index contributed by atoms with van der Waals surface area (Å²) in [4.78, 5) is 4.04. The van der Waals surface area contributed by atoms with E-state index in [4.69, 9.17) is 10.5 Å². The fraction of sp³-hybridized carbons (Fsp3) is 0.316. The van der Waals surface area contributed by atoms with Crippen LogP contribution in [0.15, 0.2) is 47.5 Å². The molecule has 0 spiro atoms. The van der Waals surface area contributed by atoms with E-state index in [1.807, 2.05) is 32.0 Å². The van der Waals surface area contributed by atoms with E-state index in [0.29, 0.717) is 0 Å². The normalized spacial score (nSPS) is 13.3. The standard InChI is InChI=1S/C19H22F3N3O2/c1-12-7-13(2)9-15(8-12)25-18(23)24-10-16(26)11-27-17-5-3-14(4-6-17)19(20,21)22/h3-9,16,26H,10-11H2,1-2H3,(H3,23,24,25). The zero-order valence-corrected chi connectivity index (χ0v) is 15.0. The molecule has 5 nitrogen and oxygen atoms in total. The van der Waals surface area contributed by atoms with Crippen molar-refractivity contribution in [1.29, 1.82) is 0 Å². The Balaban J connectivity index is 1.82. The van der Waals surface area contributed by atoms with Crippen LogP contribution in [0.4, 0.5) is 18.9 Å². The van der Waals surface area contributed by atoms with Crippen molar-refractivity contribution >= 4 is 11.6 Å². The van der Waals surface area contributed by atoms with E-state index in [1.165, 1.54) is 12.1 Å². The first-order valence-electron chi connectivity index (χ1n) is 8.27. The van der Waals surface area contributed by atoms with Gasteiger partial charge in [-0.15, -0.1) is 0 Å². The van der Waals surface area contributed by atoms with Gasteiger partial charge in [-0.3, -0.25) is 4.99 Å². The number of ether oxygens (including phenoxy) is 1. The molecule has 0 saturated carbocycles. The highest BCUT2D eigenvalue weighted by Gasteiger charge is 2.30. The maximum Gasteiger partial charge on any atom is 0.416 e. The predicted octanol–water partition coefficient (Wildman–Crippen LogP) is 3.49. The number of benzene rings is 2. The number of nitrogens with two attached hydrogens (primary N) is 1. The summed E-state index contributed by atoms with van der Waals surface area (Å²) >= 11 is 0. The molecule has 0 radical (unpaired) electrons. The molecular weight excluding hydrogens is 359 g/mol. The number of halogens is 3. The Bertz CT molecular complexity index is 770. The van der Waals surface area contributed by atoms with Crippen molar-refractivity contribution in [3.05, 3.63) is 59.2 Å². The molecule has 8 heteroatoms. The Kier molecular flexibility index (Phi) is 6.68. The Morgan fingerprint density at radius 1 is 1.15 bits per heavy atom. The zero-order chi connectivity index (χ0) is 20.0. The second kappa shape index (κ2) is 8.77. The topological polar surface area (TPSA) is 79.9 Å². The fourth-order valence-corrected chi connectivity index (χ4v) is 2.42. The van der Waals surface area contributed by atoms with E-state index in [2.05, 4.69) is 10.3 Å². The van der Waals surface area contributed by atoms with E-state index < -0.39 is 17.8 Å². The summed E-state index contributed by atoms with van der Waals surface area (Å²) in [7, 11) is 0. The Hall–Kier alpha value is -2.74. The van der Waals surface area contributed by atoms with Gasteiger partial charge in [0.05, 0.1) is 12.1 Å². The highest BCUT2D eigenvalue weighted by Crippen LogP contribution is 2.30. The summed E-state index contributed by atoms with van der Waals surface area (Å²) in [5.74, 6) is 0.376. The molecule has 2 rings (SSSR count). The van der Waals surface area contributed by atoms with Gasteiger partial charge in [0.25, 0.3) is 0 Å². The van der Waals surface area contributed by atoms with Gasteiger partial charge >= 0.3 is 6.18 Å². The number of aryl methyl sites for hydroxylation is 2. The van der Waals surface area contributed by atoms with Gasteiger partial charge in [-0.2, -0.15) is 13.2 Å². The second-order valence-corrected chi connectivity index (χ2v) is 6.21. The molecule has 0 aliphatic carbocycles. The molecule has 0 aliphatic rings. The van der Waals surface area contributed by atoms with E-state index in [9.17, 15) is 18.3 Å². The van der Waals surface area contributed by atoms with E-state index in [0.717, 1.165) is 28.9 Å². The van der Waals surface area contributed by atoms with Crippen LogP contribution >= 0.6 is 0 Å². The van der Waals surface area contributed by atoms with Crippen molar-refractivity contribution in [2.45, 2.75) is 26.1 Å². The Labute approximate surface area is 155 Å². The molecule has 146 valence electrons. The van der Waals surface area contributed by atoms with Crippen LogP contribution in [0.3, 0.4) is 0 Å². The lowest BCUT2D eigenvalue weighted by atomic mass is 10.1. The number of alkyl halides is 3. The van der Waals surface area contributed by atoms with Gasteiger partial charge in [0, 0.05) is 5.69 Å². The minimum atomic E-state index is -4.40. The first-order chi connectivity index (χ1) is 12.6. The highest BCUT2D eigenvalue weighted by molar-refractivity contribution is 5.92. The molecule has 2 aromatic rings. The third kappa shape index (κ3) is 6.82. The maximum atomic E-state index is 12.5. The van der Waals surface area contributed by atoms with Crippen LogP contribution in [0.25, 0.3) is 0 Å². The lowest BCUT2D eigenvalue weighted by Gasteiger charge is -2.12. The van der Waals surface area contributed by atoms with Crippen LogP contribution in [-0.2, 0) is 6.18 Å². The maximum absolute atomic E-state index is 12.5. The average Bonchev–Trinajstić information content (AvgIpc) is 2.57. The number of aliphatic hydroxyl groups is 1. The predicted molar refractivity (Wildman–Crippen MR) is 99.0 cm³/mol. The largest absolute Gasteiger partial charge is 0.491 e. The molecule has 27 heavy (non-hydrogen) atoms. The quantitative estimate of drug-likeness (QED) is 0.529. The number of hydrogen-bond acceptors (Lipinski definition) is 3. The Morgan fingerprint density at radius 3 is 2.30 bits per heavy atom. The van der Waals surface area contributed by atoms with Gasteiger partial charge in [-0.05, 0) is 61.4 Å². The van der Waals surface area contributed by atoms with Gasteiger partial charge < -0.3 is 20.9 Å². The van der Waals surface area contributed by atoms with Crippen molar-refractivity contribution < 1.29 is 23.0 Å². The first kappa shape index (κ1) is 20.6. The fourth-order valence-electron chi connectivity index (χ4n) is 2.42. The monoisotopic (exact) mass is 381 g/mol. The Morgan fingerprint density at radius 2 is 1.74 bits per heavy atom. The minimum absolute atomic E-state index is 0.00966. The lowest BCUT2D eigenvalue weighted by molar-refractivity contribution is -0.137. The SMILES string of the molecule is Cc1cc(C)cc(NC(N)=NCC(O)COc2ccc(C(F)(F)F)cc2)c1. The van der Waals surface area contributed by atoms with E-state index in [-0.39, 0.29) is 24.9 Å². The number of guanidine groups is 1. The third-order valence-corrected chi connectivity index (χ3v) is 3.59. The molecule has 2 aromatic carbocycles. The minimum Gasteiger partial charge on any atom is -0.491 e. The van der Waals surface area contributed by atoms with Gasteiger partial charge in [-0.25, -0.2) is 0 Å². The molecule has 0 aliphatic heterocycles. The molecule has 0 heterocycles. The van der Waals surface area contributed by atoms with Gasteiger partial charge in [-0.1, -0.05) is 6.07 Å². The molecule has 0 fully saturated rings. The van der Waals surface area contributed by atoms with Crippen LogP contribution in [0.2, 0.25) is 0 Å². The number of aliphatic hydroxyl groups excluding tert-OH is 1. The first-order valence-corrected chi connectivity index (χ1v) is 8.27. The second-order valence-electron chi connectivity index (χ2n) is 6.21. The van der Waals surface area contributed by atoms with E-state index >= 15 is 0 Å². The van der Waals surface area contributed by atoms with Crippen LogP contribution in [0, 0.1) is 13.8 Å². The number of nitrogens with one attached hydrogen (secondary N) is 1.